The zero-order chi connectivity index (χ0) is 22.9. The van der Waals surface area contributed by atoms with Crippen LogP contribution in [0.25, 0.3) is 10.9 Å². The average molecular weight is 509 g/mol. The van der Waals surface area contributed by atoms with Crippen molar-refractivity contribution in [2.45, 2.75) is 14.7 Å². The van der Waals surface area contributed by atoms with Gasteiger partial charge < -0.3 is 14.8 Å². The van der Waals surface area contributed by atoms with Gasteiger partial charge in [-0.05, 0) is 42.5 Å². The Morgan fingerprint density at radius 3 is 2.44 bits per heavy atom. The van der Waals surface area contributed by atoms with Crippen molar-refractivity contribution in [1.29, 1.82) is 0 Å². The number of halogens is 2. The van der Waals surface area contributed by atoms with Gasteiger partial charge in [0.15, 0.2) is 5.75 Å². The second-order valence-corrected chi connectivity index (χ2v) is 10.3. The number of benzene rings is 2. The van der Waals surface area contributed by atoms with Gasteiger partial charge in [-0.15, -0.1) is 11.8 Å². The van der Waals surface area contributed by atoms with Crippen LogP contribution in [0.5, 0.6) is 11.5 Å². The predicted octanol–water partition coefficient (Wildman–Crippen LogP) is 5.67. The van der Waals surface area contributed by atoms with Crippen molar-refractivity contribution >= 4 is 61.7 Å². The van der Waals surface area contributed by atoms with Crippen molar-refractivity contribution in [2.75, 3.05) is 5.75 Å². The van der Waals surface area contributed by atoms with Crippen molar-refractivity contribution in [3.8, 4) is 11.5 Å². The van der Waals surface area contributed by atoms with E-state index in [-0.39, 0.29) is 31.3 Å². The Morgan fingerprint density at radius 2 is 1.78 bits per heavy atom. The molecule has 0 saturated carbocycles. The van der Waals surface area contributed by atoms with Gasteiger partial charge in [-0.25, -0.2) is 8.42 Å². The number of hydrogen-bond donors (Lipinski definition) is 2. The molecule has 164 valence electrons. The standard InChI is InChI=1S/C21H14Cl2N2O5S2/c22-16-8-13(31-11-20(26)27)9-17(23)21(16)30-12-1-2-18-15(7-12)19(10-25-18)32(28,29)14-3-5-24-6-4-14/h1-10,25H,11H2,(H,26,27). The summed E-state index contributed by atoms with van der Waals surface area (Å²) in [6.07, 6.45) is 4.26. The van der Waals surface area contributed by atoms with E-state index in [2.05, 4.69) is 9.97 Å². The highest BCUT2D eigenvalue weighted by molar-refractivity contribution is 8.00. The maximum Gasteiger partial charge on any atom is 0.313 e. The summed E-state index contributed by atoms with van der Waals surface area (Å²) in [7, 11) is -3.78. The van der Waals surface area contributed by atoms with Gasteiger partial charge in [-0.2, -0.15) is 0 Å². The van der Waals surface area contributed by atoms with Gasteiger partial charge in [0.1, 0.15) is 5.75 Å². The van der Waals surface area contributed by atoms with Crippen LogP contribution in [-0.4, -0.2) is 35.2 Å². The lowest BCUT2D eigenvalue weighted by Crippen LogP contribution is -2.01. The highest BCUT2D eigenvalue weighted by atomic mass is 35.5. The number of nitrogens with zero attached hydrogens (tertiary/aromatic N) is 1. The molecule has 0 bridgehead atoms. The van der Waals surface area contributed by atoms with Crippen molar-refractivity contribution < 1.29 is 23.1 Å². The van der Waals surface area contributed by atoms with E-state index < -0.39 is 15.8 Å². The number of aliphatic carboxylic acids is 1. The fourth-order valence-corrected chi connectivity index (χ4v) is 5.78. The van der Waals surface area contributed by atoms with Gasteiger partial charge in [0.25, 0.3) is 0 Å². The SMILES string of the molecule is O=C(O)CSc1cc(Cl)c(Oc2ccc3[nH]cc(S(=O)(=O)c4ccncc4)c3c2)c(Cl)c1. The highest BCUT2D eigenvalue weighted by Gasteiger charge is 2.22. The minimum Gasteiger partial charge on any atom is -0.481 e. The van der Waals surface area contributed by atoms with Crippen LogP contribution in [0.3, 0.4) is 0 Å². The topological polar surface area (TPSA) is 109 Å². The highest BCUT2D eigenvalue weighted by Crippen LogP contribution is 2.40. The zero-order valence-electron chi connectivity index (χ0n) is 16.1. The number of thioether (sulfide) groups is 1. The number of H-pyrrole nitrogens is 1. The van der Waals surface area contributed by atoms with Crippen LogP contribution in [0.15, 0.2) is 75.7 Å². The first-order chi connectivity index (χ1) is 15.3. The Hall–Kier alpha value is -2.72. The number of sulfone groups is 1. The monoisotopic (exact) mass is 508 g/mol. The summed E-state index contributed by atoms with van der Waals surface area (Å²) in [4.78, 5) is 18.4. The molecule has 0 aliphatic heterocycles. The number of nitrogens with one attached hydrogen (secondary N) is 1. The molecule has 0 radical (unpaired) electrons. The molecular weight excluding hydrogens is 495 g/mol. The molecule has 0 aliphatic rings. The minimum atomic E-state index is -3.78. The number of rotatable bonds is 7. The molecule has 4 aromatic rings. The van der Waals surface area contributed by atoms with E-state index in [0.717, 1.165) is 11.8 Å². The van der Waals surface area contributed by atoms with E-state index in [9.17, 15) is 13.2 Å². The molecule has 2 aromatic heterocycles. The zero-order valence-corrected chi connectivity index (χ0v) is 19.2. The number of carbonyl (C=O) groups is 1. The van der Waals surface area contributed by atoms with Gasteiger partial charge in [-0.1, -0.05) is 23.2 Å². The number of aromatic nitrogens is 2. The van der Waals surface area contributed by atoms with Crippen LogP contribution < -0.4 is 4.74 Å². The molecule has 0 aliphatic carbocycles. The van der Waals surface area contributed by atoms with Gasteiger partial charge in [0.05, 0.1) is 25.6 Å². The molecule has 0 atom stereocenters. The van der Waals surface area contributed by atoms with Crippen LogP contribution in [0.4, 0.5) is 0 Å². The number of carboxylic acids is 1. The van der Waals surface area contributed by atoms with E-state index in [0.29, 0.717) is 21.5 Å². The summed E-state index contributed by atoms with van der Waals surface area (Å²) in [6.45, 7) is 0. The molecule has 7 nitrogen and oxygen atoms in total. The molecule has 2 heterocycles. The third-order valence-electron chi connectivity index (χ3n) is 4.42. The first-order valence-electron chi connectivity index (χ1n) is 9.03. The number of pyridine rings is 1. The number of fused-ring (bicyclic) bond motifs is 1. The smallest absolute Gasteiger partial charge is 0.313 e. The lowest BCUT2D eigenvalue weighted by atomic mass is 10.2. The number of hydrogen-bond acceptors (Lipinski definition) is 6. The Balaban J connectivity index is 1.69. The normalized spacial score (nSPS) is 11.6. The lowest BCUT2D eigenvalue weighted by molar-refractivity contribution is -0.133. The van der Waals surface area contributed by atoms with Gasteiger partial charge >= 0.3 is 5.97 Å². The number of ether oxygens (including phenoxy) is 1. The largest absolute Gasteiger partial charge is 0.481 e. The average Bonchev–Trinajstić information content (AvgIpc) is 3.19. The quantitative estimate of drug-likeness (QED) is 0.309. The molecule has 2 N–H and O–H groups in total. The van der Waals surface area contributed by atoms with E-state index >= 15 is 0 Å². The maximum absolute atomic E-state index is 13.1. The molecule has 0 unspecified atom stereocenters. The van der Waals surface area contributed by atoms with Crippen LogP contribution in [0, 0.1) is 0 Å². The Morgan fingerprint density at radius 1 is 1.09 bits per heavy atom. The van der Waals surface area contributed by atoms with Crippen LogP contribution in [0.2, 0.25) is 10.0 Å². The van der Waals surface area contributed by atoms with Crippen LogP contribution in [0.1, 0.15) is 0 Å². The third-order valence-corrected chi connectivity index (χ3v) is 7.75. The Labute approximate surface area is 197 Å². The molecule has 0 saturated heterocycles. The first kappa shape index (κ1) is 22.5. The molecule has 4 rings (SSSR count). The molecule has 0 fully saturated rings. The summed E-state index contributed by atoms with van der Waals surface area (Å²) < 4.78 is 32.0. The van der Waals surface area contributed by atoms with E-state index in [1.54, 1.807) is 30.3 Å². The van der Waals surface area contributed by atoms with Crippen LogP contribution in [-0.2, 0) is 14.6 Å². The van der Waals surface area contributed by atoms with E-state index in [1.807, 2.05) is 0 Å². The number of aromatic amines is 1. The molecular formula is C21H14Cl2N2O5S2. The molecule has 2 aromatic carbocycles. The van der Waals surface area contributed by atoms with E-state index in [1.165, 1.54) is 30.7 Å². The first-order valence-corrected chi connectivity index (χ1v) is 12.3. The van der Waals surface area contributed by atoms with Gasteiger partial charge in [0.2, 0.25) is 9.84 Å². The van der Waals surface area contributed by atoms with Crippen molar-refractivity contribution in [3.63, 3.8) is 0 Å². The molecule has 32 heavy (non-hydrogen) atoms. The Kier molecular flexibility index (Phi) is 6.34. The van der Waals surface area contributed by atoms with Crippen molar-refractivity contribution in [3.05, 3.63) is 71.1 Å². The fourth-order valence-electron chi connectivity index (χ4n) is 2.98. The van der Waals surface area contributed by atoms with Crippen molar-refractivity contribution in [1.82, 2.24) is 9.97 Å². The summed E-state index contributed by atoms with van der Waals surface area (Å²) in [5, 5.41) is 9.67. The number of carboxylic acid groups (broad SMARTS) is 1. The fraction of sp³-hybridized carbons (Fsp3) is 0.0476. The minimum absolute atomic E-state index is 0.0989. The molecule has 11 heteroatoms. The Bertz CT molecular complexity index is 1400. The van der Waals surface area contributed by atoms with E-state index in [4.69, 9.17) is 33.0 Å². The lowest BCUT2D eigenvalue weighted by Gasteiger charge is -2.12. The summed E-state index contributed by atoms with van der Waals surface area (Å²) in [5.41, 5.74) is 0.614. The molecule has 0 amide bonds. The second kappa shape index (κ2) is 9.03. The second-order valence-electron chi connectivity index (χ2n) is 6.55. The van der Waals surface area contributed by atoms with Gasteiger partial charge in [0, 0.05) is 34.4 Å². The maximum atomic E-state index is 13.1. The summed E-state index contributed by atoms with van der Waals surface area (Å²) in [6, 6.07) is 10.9. The summed E-state index contributed by atoms with van der Waals surface area (Å²) >= 11 is 13.7. The van der Waals surface area contributed by atoms with Crippen LogP contribution >= 0.6 is 35.0 Å². The molecule has 0 spiro atoms. The van der Waals surface area contributed by atoms with Gasteiger partial charge in [-0.3, -0.25) is 9.78 Å². The third kappa shape index (κ3) is 4.56. The summed E-state index contributed by atoms with van der Waals surface area (Å²) in [5.74, 6) is -0.578. The predicted molar refractivity (Wildman–Crippen MR) is 123 cm³/mol. The van der Waals surface area contributed by atoms with Crippen molar-refractivity contribution in [2.24, 2.45) is 0 Å².